The van der Waals surface area contributed by atoms with Gasteiger partial charge in [0.1, 0.15) is 5.82 Å². The number of ether oxygens (including phenoxy) is 1. The van der Waals surface area contributed by atoms with E-state index in [1.54, 1.807) is 19.2 Å². The predicted molar refractivity (Wildman–Crippen MR) is 84.9 cm³/mol. The van der Waals surface area contributed by atoms with Gasteiger partial charge in [-0.25, -0.2) is 0 Å². The van der Waals surface area contributed by atoms with E-state index in [1.807, 2.05) is 18.2 Å². The van der Waals surface area contributed by atoms with Crippen molar-refractivity contribution in [3.8, 4) is 0 Å². The van der Waals surface area contributed by atoms with Crippen molar-refractivity contribution in [3.05, 3.63) is 53.7 Å². The second-order valence-electron chi connectivity index (χ2n) is 4.71. The Labute approximate surface area is 129 Å². The summed E-state index contributed by atoms with van der Waals surface area (Å²) in [5, 5.41) is 13.8. The Kier molecular flexibility index (Phi) is 6.32. The van der Waals surface area contributed by atoms with Gasteiger partial charge in [-0.1, -0.05) is 30.3 Å². The van der Waals surface area contributed by atoms with Crippen LogP contribution >= 0.6 is 0 Å². The first-order valence-electron chi connectivity index (χ1n) is 7.18. The van der Waals surface area contributed by atoms with Crippen LogP contribution in [0.4, 0.5) is 5.82 Å². The molecule has 0 unspecified atom stereocenters. The molecule has 0 aliphatic heterocycles. The first kappa shape index (κ1) is 15.9. The Hall–Kier alpha value is -2.47. The first-order valence-corrected chi connectivity index (χ1v) is 7.18. The molecule has 0 saturated carbocycles. The number of carbonyl (C=O) groups is 1. The maximum absolute atomic E-state index is 11.7. The summed E-state index contributed by atoms with van der Waals surface area (Å²) < 4.78 is 4.87. The lowest BCUT2D eigenvalue weighted by Gasteiger charge is -2.06. The molecule has 22 heavy (non-hydrogen) atoms. The highest BCUT2D eigenvalue weighted by atomic mass is 16.5. The van der Waals surface area contributed by atoms with E-state index in [9.17, 15) is 4.79 Å². The minimum absolute atomic E-state index is 0.250. The molecule has 1 amide bonds. The molecule has 0 radical (unpaired) electrons. The molecule has 6 nitrogen and oxygen atoms in total. The quantitative estimate of drug-likeness (QED) is 0.723. The maximum atomic E-state index is 11.7. The zero-order valence-corrected chi connectivity index (χ0v) is 12.6. The van der Waals surface area contributed by atoms with Crippen LogP contribution in [0.1, 0.15) is 16.1 Å². The van der Waals surface area contributed by atoms with Crippen molar-refractivity contribution in [2.24, 2.45) is 0 Å². The van der Waals surface area contributed by atoms with Crippen molar-refractivity contribution < 1.29 is 9.53 Å². The molecule has 1 aromatic heterocycles. The van der Waals surface area contributed by atoms with Gasteiger partial charge in [-0.2, -0.15) is 0 Å². The fourth-order valence-electron chi connectivity index (χ4n) is 1.88. The van der Waals surface area contributed by atoms with Crippen molar-refractivity contribution in [3.63, 3.8) is 0 Å². The first-order chi connectivity index (χ1) is 10.8. The van der Waals surface area contributed by atoms with Crippen molar-refractivity contribution in [1.82, 2.24) is 15.5 Å². The van der Waals surface area contributed by atoms with Crippen molar-refractivity contribution >= 4 is 11.7 Å². The van der Waals surface area contributed by atoms with Crippen LogP contribution in [0, 0.1) is 0 Å². The molecular weight excluding hydrogens is 280 g/mol. The third kappa shape index (κ3) is 5.14. The predicted octanol–water partition coefficient (Wildman–Crippen LogP) is 1.51. The van der Waals surface area contributed by atoms with E-state index in [2.05, 4.69) is 33.0 Å². The van der Waals surface area contributed by atoms with E-state index in [0.717, 1.165) is 13.0 Å². The number of rotatable bonds is 8. The Balaban J connectivity index is 1.78. The average Bonchev–Trinajstić information content (AvgIpc) is 2.56. The number of hydrogen-bond acceptors (Lipinski definition) is 5. The highest BCUT2D eigenvalue weighted by Gasteiger charge is 2.07. The van der Waals surface area contributed by atoms with Crippen LogP contribution in [0.5, 0.6) is 0 Å². The van der Waals surface area contributed by atoms with E-state index in [1.165, 1.54) is 5.56 Å². The molecule has 0 saturated heterocycles. The van der Waals surface area contributed by atoms with E-state index < -0.39 is 0 Å². The number of anilines is 1. The van der Waals surface area contributed by atoms with E-state index >= 15 is 0 Å². The molecule has 0 aliphatic carbocycles. The summed E-state index contributed by atoms with van der Waals surface area (Å²) in [6, 6.07) is 13.6. The lowest BCUT2D eigenvalue weighted by molar-refractivity contribution is 0.0931. The second-order valence-corrected chi connectivity index (χ2v) is 4.71. The van der Waals surface area contributed by atoms with Gasteiger partial charge in [0.25, 0.3) is 5.91 Å². The molecule has 0 atom stereocenters. The van der Waals surface area contributed by atoms with Gasteiger partial charge in [0.05, 0.1) is 6.61 Å². The van der Waals surface area contributed by atoms with Crippen LogP contribution in [0.25, 0.3) is 0 Å². The number of amides is 1. The minimum atomic E-state index is -0.250. The minimum Gasteiger partial charge on any atom is -0.383 e. The van der Waals surface area contributed by atoms with Gasteiger partial charge >= 0.3 is 0 Å². The van der Waals surface area contributed by atoms with Crippen LogP contribution in [-0.4, -0.2) is 42.9 Å². The molecule has 6 heteroatoms. The van der Waals surface area contributed by atoms with Gasteiger partial charge in [0, 0.05) is 20.2 Å². The number of aromatic nitrogens is 2. The summed E-state index contributed by atoms with van der Waals surface area (Å²) in [7, 11) is 1.59. The van der Waals surface area contributed by atoms with Crippen molar-refractivity contribution in [1.29, 1.82) is 0 Å². The van der Waals surface area contributed by atoms with Crippen molar-refractivity contribution in [2.75, 3.05) is 32.1 Å². The third-order valence-corrected chi connectivity index (χ3v) is 3.05. The number of nitrogens with one attached hydrogen (secondary N) is 2. The van der Waals surface area contributed by atoms with Gasteiger partial charge in [0.15, 0.2) is 5.69 Å². The number of methoxy groups -OCH3 is 1. The van der Waals surface area contributed by atoms with Crippen LogP contribution in [0.3, 0.4) is 0 Å². The Bertz CT molecular complexity index is 572. The zero-order chi connectivity index (χ0) is 15.6. The molecule has 1 aromatic carbocycles. The summed E-state index contributed by atoms with van der Waals surface area (Å²) in [5.41, 5.74) is 1.56. The molecule has 2 rings (SSSR count). The van der Waals surface area contributed by atoms with Crippen LogP contribution in [-0.2, 0) is 11.2 Å². The topological polar surface area (TPSA) is 76.1 Å². The number of nitrogens with zero attached hydrogens (tertiary/aromatic N) is 2. The van der Waals surface area contributed by atoms with Gasteiger partial charge in [-0.05, 0) is 24.1 Å². The summed E-state index contributed by atoms with van der Waals surface area (Å²) in [6.07, 6.45) is 0.905. The van der Waals surface area contributed by atoms with Crippen LogP contribution in [0.2, 0.25) is 0 Å². The number of carbonyl (C=O) groups excluding carboxylic acids is 1. The molecule has 2 N–H and O–H groups in total. The van der Waals surface area contributed by atoms with Gasteiger partial charge in [-0.3, -0.25) is 4.79 Å². The number of benzene rings is 1. The highest BCUT2D eigenvalue weighted by molar-refractivity contribution is 5.92. The van der Waals surface area contributed by atoms with Crippen LogP contribution in [0.15, 0.2) is 42.5 Å². The number of hydrogen-bond donors (Lipinski definition) is 2. The third-order valence-electron chi connectivity index (χ3n) is 3.05. The SMILES string of the molecule is COCCNC(=O)c1ccc(NCCc2ccccc2)nn1. The fraction of sp³-hybridized carbons (Fsp3) is 0.312. The summed E-state index contributed by atoms with van der Waals surface area (Å²) in [4.78, 5) is 11.7. The van der Waals surface area contributed by atoms with Gasteiger partial charge in [0.2, 0.25) is 0 Å². The summed E-state index contributed by atoms with van der Waals surface area (Å²) in [6.45, 7) is 1.68. The van der Waals surface area contributed by atoms with Gasteiger partial charge < -0.3 is 15.4 Å². The van der Waals surface area contributed by atoms with E-state index in [-0.39, 0.29) is 5.91 Å². The van der Waals surface area contributed by atoms with Crippen molar-refractivity contribution in [2.45, 2.75) is 6.42 Å². The maximum Gasteiger partial charge on any atom is 0.271 e. The standard InChI is InChI=1S/C16H20N4O2/c1-22-12-11-18-16(21)14-7-8-15(20-19-14)17-10-9-13-5-3-2-4-6-13/h2-8H,9-12H2,1H3,(H,17,20)(H,18,21). The Morgan fingerprint density at radius 1 is 1.09 bits per heavy atom. The Morgan fingerprint density at radius 3 is 2.59 bits per heavy atom. The Morgan fingerprint density at radius 2 is 1.91 bits per heavy atom. The molecule has 116 valence electrons. The average molecular weight is 300 g/mol. The van der Waals surface area contributed by atoms with E-state index in [0.29, 0.717) is 24.7 Å². The second kappa shape index (κ2) is 8.74. The summed E-state index contributed by atoms with van der Waals surface area (Å²) in [5.74, 6) is 0.407. The molecule has 0 aliphatic rings. The molecular formula is C16H20N4O2. The highest BCUT2D eigenvalue weighted by Crippen LogP contribution is 2.04. The molecule has 0 fully saturated rings. The monoisotopic (exact) mass is 300 g/mol. The lowest BCUT2D eigenvalue weighted by Crippen LogP contribution is -2.28. The largest absolute Gasteiger partial charge is 0.383 e. The van der Waals surface area contributed by atoms with E-state index in [4.69, 9.17) is 4.74 Å². The zero-order valence-electron chi connectivity index (χ0n) is 12.6. The smallest absolute Gasteiger partial charge is 0.271 e. The van der Waals surface area contributed by atoms with Crippen LogP contribution < -0.4 is 10.6 Å². The fourth-order valence-corrected chi connectivity index (χ4v) is 1.88. The lowest BCUT2D eigenvalue weighted by atomic mass is 10.1. The molecule has 1 heterocycles. The molecule has 0 bridgehead atoms. The molecule has 2 aromatic rings. The van der Waals surface area contributed by atoms with Gasteiger partial charge in [-0.15, -0.1) is 10.2 Å². The molecule has 0 spiro atoms. The normalized spacial score (nSPS) is 10.2. The summed E-state index contributed by atoms with van der Waals surface area (Å²) >= 11 is 0.